The number of hydrogen-bond acceptors (Lipinski definition) is 5. The zero-order valence-corrected chi connectivity index (χ0v) is 21.2. The number of carbonyl (C=O) groups excluding carboxylic acids is 1. The molecule has 6 nitrogen and oxygen atoms in total. The summed E-state index contributed by atoms with van der Waals surface area (Å²) in [7, 11) is 0. The van der Waals surface area contributed by atoms with Crippen molar-refractivity contribution >= 4 is 11.8 Å². The van der Waals surface area contributed by atoms with Crippen LogP contribution in [0.1, 0.15) is 24.0 Å². The van der Waals surface area contributed by atoms with Crippen LogP contribution >= 0.6 is 0 Å². The Morgan fingerprint density at radius 1 is 0.975 bits per heavy atom. The maximum atomic E-state index is 14.4. The largest absolute Gasteiger partial charge is 0.434 e. The minimum atomic E-state index is -5.81. The minimum absolute atomic E-state index is 0.0353. The Hall–Kier alpha value is -2.42. The van der Waals surface area contributed by atoms with Gasteiger partial charge in [0, 0.05) is 63.5 Å². The topological polar surface area (TPSA) is 45.2 Å². The first-order valence-electron chi connectivity index (χ1n) is 12.9. The van der Waals surface area contributed by atoms with Crippen molar-refractivity contribution in [3.05, 3.63) is 29.3 Å². The summed E-state index contributed by atoms with van der Waals surface area (Å²) in [4.78, 5) is 16.5. The van der Waals surface area contributed by atoms with Crippen LogP contribution < -0.4 is 4.90 Å². The highest BCUT2D eigenvalue weighted by molar-refractivity contribution is 5.68. The lowest BCUT2D eigenvalue weighted by molar-refractivity contribution is -0.308. The van der Waals surface area contributed by atoms with Gasteiger partial charge in [-0.15, -0.1) is 0 Å². The zero-order chi connectivity index (χ0) is 29.1. The van der Waals surface area contributed by atoms with Gasteiger partial charge in [0.15, 0.2) is 0 Å². The van der Waals surface area contributed by atoms with Gasteiger partial charge in [0.2, 0.25) is 0 Å². The molecule has 0 radical (unpaired) electrons. The van der Waals surface area contributed by atoms with E-state index in [9.17, 15) is 44.3 Å². The normalized spacial score (nSPS) is 27.9. The molecule has 4 fully saturated rings. The zero-order valence-electron chi connectivity index (χ0n) is 21.2. The summed E-state index contributed by atoms with van der Waals surface area (Å²) in [6, 6.07) is 4.48. The fraction of sp³-hybridized carbons (Fsp3) is 0.720. The van der Waals surface area contributed by atoms with Crippen LogP contribution in [0, 0.1) is 17.3 Å². The molecule has 1 aromatic rings. The summed E-state index contributed by atoms with van der Waals surface area (Å²) < 4.78 is 129. The molecule has 0 aliphatic carbocycles. The van der Waals surface area contributed by atoms with Gasteiger partial charge in [-0.1, -0.05) is 12.1 Å². The van der Waals surface area contributed by atoms with E-state index in [1.54, 1.807) is 15.9 Å². The number of anilines is 1. The second-order valence-electron chi connectivity index (χ2n) is 11.2. The van der Waals surface area contributed by atoms with Crippen molar-refractivity contribution in [2.45, 2.75) is 44.0 Å². The van der Waals surface area contributed by atoms with Crippen molar-refractivity contribution in [3.8, 4) is 0 Å². The van der Waals surface area contributed by atoms with E-state index in [-0.39, 0.29) is 61.2 Å². The average molecular weight is 589 g/mol. The molecule has 1 spiro atoms. The molecule has 4 heterocycles. The monoisotopic (exact) mass is 589 g/mol. The maximum Gasteiger partial charge on any atom is 0.434 e. The molecule has 3 atom stereocenters. The summed E-state index contributed by atoms with van der Waals surface area (Å²) in [5.74, 6) is -0.637. The van der Waals surface area contributed by atoms with Gasteiger partial charge < -0.3 is 19.3 Å². The van der Waals surface area contributed by atoms with Gasteiger partial charge in [0.1, 0.15) is 0 Å². The van der Waals surface area contributed by atoms with Crippen molar-refractivity contribution in [2.75, 3.05) is 57.4 Å². The average Bonchev–Trinajstić information content (AvgIpc) is 3.60. The number of likely N-dealkylation sites (tertiary alicyclic amines) is 2. The van der Waals surface area contributed by atoms with Crippen LogP contribution in [0.4, 0.5) is 50.0 Å². The smallest absolute Gasteiger partial charge is 0.426 e. The molecule has 0 N–H and O–H groups in total. The fourth-order valence-corrected chi connectivity index (χ4v) is 6.53. The van der Waals surface area contributed by atoms with Crippen LogP contribution in [0.3, 0.4) is 0 Å². The van der Waals surface area contributed by atoms with Gasteiger partial charge in [-0.2, -0.15) is 39.5 Å². The van der Waals surface area contributed by atoms with Crippen LogP contribution in [0.25, 0.3) is 0 Å². The third-order valence-corrected chi connectivity index (χ3v) is 8.40. The Balaban J connectivity index is 1.24. The number of alkyl halides is 9. The third kappa shape index (κ3) is 5.81. The number of hydrogen-bond donors (Lipinski definition) is 0. The number of benzene rings is 1. The summed E-state index contributed by atoms with van der Waals surface area (Å²) in [5, 5.41) is 0. The lowest BCUT2D eigenvalue weighted by Crippen LogP contribution is -2.48. The first-order chi connectivity index (χ1) is 18.6. The predicted molar refractivity (Wildman–Crippen MR) is 122 cm³/mol. The third-order valence-electron chi connectivity index (χ3n) is 8.40. The lowest BCUT2D eigenvalue weighted by Gasteiger charge is -2.29. The molecule has 40 heavy (non-hydrogen) atoms. The molecule has 3 unspecified atom stereocenters. The van der Waals surface area contributed by atoms with Crippen LogP contribution in [-0.2, 0) is 22.2 Å². The van der Waals surface area contributed by atoms with E-state index in [0.29, 0.717) is 26.3 Å². The van der Waals surface area contributed by atoms with Crippen molar-refractivity contribution in [1.82, 2.24) is 9.80 Å². The molecule has 0 bridgehead atoms. The van der Waals surface area contributed by atoms with E-state index >= 15 is 0 Å². The second kappa shape index (κ2) is 10.1. The SMILES string of the molecule is O=C(OC(C(F)(F)F)C(F)(F)F)N1CC2CN(Cc3cccc(N4CCC5(CCOC5)C4)c3C(F)(F)F)CC2C1. The molecule has 224 valence electrons. The summed E-state index contributed by atoms with van der Waals surface area (Å²) >= 11 is 0. The second-order valence-corrected chi connectivity index (χ2v) is 11.2. The number of fused-ring (bicyclic) bond motifs is 1. The lowest BCUT2D eigenvalue weighted by atomic mass is 9.87. The number of ether oxygens (including phenoxy) is 2. The van der Waals surface area contributed by atoms with Gasteiger partial charge in [0.05, 0.1) is 12.2 Å². The van der Waals surface area contributed by atoms with Gasteiger partial charge in [-0.3, -0.25) is 4.90 Å². The number of rotatable bonds is 4. The first kappa shape index (κ1) is 29.1. The van der Waals surface area contributed by atoms with Gasteiger partial charge in [-0.05, 0) is 36.3 Å². The first-order valence-corrected chi connectivity index (χ1v) is 12.9. The maximum absolute atomic E-state index is 14.4. The molecule has 0 saturated carbocycles. The Kier molecular flexibility index (Phi) is 7.37. The molecule has 1 aromatic carbocycles. The predicted octanol–water partition coefficient (Wildman–Crippen LogP) is 5.32. The highest BCUT2D eigenvalue weighted by Crippen LogP contribution is 2.46. The minimum Gasteiger partial charge on any atom is -0.426 e. The summed E-state index contributed by atoms with van der Waals surface area (Å²) in [6.45, 7) is 2.23. The van der Waals surface area contributed by atoms with Gasteiger partial charge in [-0.25, -0.2) is 4.79 Å². The quantitative estimate of drug-likeness (QED) is 0.446. The van der Waals surface area contributed by atoms with Crippen LogP contribution in [-0.4, -0.2) is 86.8 Å². The number of carbonyl (C=O) groups is 1. The molecule has 4 saturated heterocycles. The van der Waals surface area contributed by atoms with Crippen LogP contribution in [0.5, 0.6) is 0 Å². The fourth-order valence-electron chi connectivity index (χ4n) is 6.53. The van der Waals surface area contributed by atoms with Crippen molar-refractivity contribution in [2.24, 2.45) is 17.3 Å². The Bertz CT molecular complexity index is 1070. The summed E-state index contributed by atoms with van der Waals surface area (Å²) in [6.07, 6.45) is -20.6. The molecule has 15 heteroatoms. The van der Waals surface area contributed by atoms with Gasteiger partial charge >= 0.3 is 24.6 Å². The van der Waals surface area contributed by atoms with E-state index in [1.165, 1.54) is 12.1 Å². The molecule has 5 rings (SSSR count). The van der Waals surface area contributed by atoms with Crippen LogP contribution in [0.15, 0.2) is 18.2 Å². The number of amides is 1. The van der Waals surface area contributed by atoms with E-state index in [4.69, 9.17) is 4.74 Å². The number of halogens is 9. The van der Waals surface area contributed by atoms with E-state index < -0.39 is 36.3 Å². The highest BCUT2D eigenvalue weighted by Gasteiger charge is 2.60. The molecular weight excluding hydrogens is 561 g/mol. The Morgan fingerprint density at radius 3 is 2.17 bits per heavy atom. The van der Waals surface area contributed by atoms with Crippen molar-refractivity contribution in [3.63, 3.8) is 0 Å². The van der Waals surface area contributed by atoms with E-state index in [0.717, 1.165) is 17.7 Å². The summed E-state index contributed by atoms with van der Waals surface area (Å²) in [5.41, 5.74) is -0.647. The molecule has 0 aromatic heterocycles. The van der Waals surface area contributed by atoms with Crippen LogP contribution in [0.2, 0.25) is 0 Å². The molecular formula is C25H28F9N3O3. The van der Waals surface area contributed by atoms with Crippen molar-refractivity contribution in [1.29, 1.82) is 0 Å². The Morgan fingerprint density at radius 2 is 1.62 bits per heavy atom. The molecule has 1 amide bonds. The highest BCUT2D eigenvalue weighted by atomic mass is 19.4. The van der Waals surface area contributed by atoms with Gasteiger partial charge in [0.25, 0.3) is 6.10 Å². The Labute approximate surface area is 223 Å². The molecule has 4 aliphatic rings. The standard InChI is InChI=1S/C25H28F9N3O3/c26-23(27,28)19-15(2-1-3-18(19)36-6-4-22(13-36)5-7-39-14-22)8-35-9-16-11-37(12-17(16)10-35)21(38)40-20(24(29,30)31)25(32,33)34/h1-3,16-17,20H,4-14H2. The van der Waals surface area contributed by atoms with E-state index in [1.807, 2.05) is 0 Å². The van der Waals surface area contributed by atoms with Crippen molar-refractivity contribution < 1.29 is 53.8 Å². The van der Waals surface area contributed by atoms with E-state index in [2.05, 4.69) is 4.74 Å². The number of nitrogens with zero attached hydrogens (tertiary/aromatic N) is 3. The molecule has 4 aliphatic heterocycles.